The van der Waals surface area contributed by atoms with Crippen molar-refractivity contribution >= 4 is 17.6 Å². The zero-order chi connectivity index (χ0) is 23.0. The van der Waals surface area contributed by atoms with Gasteiger partial charge >= 0.3 is 5.97 Å². The fourth-order valence-corrected chi connectivity index (χ4v) is 2.92. The molecule has 8 nitrogen and oxygen atoms in total. The van der Waals surface area contributed by atoms with Gasteiger partial charge in [-0.25, -0.2) is 4.79 Å². The molecular formula is C23H27NO7. The number of aliphatic hydroxyl groups excluding tert-OH is 1. The predicted molar refractivity (Wildman–Crippen MR) is 116 cm³/mol. The van der Waals surface area contributed by atoms with Gasteiger partial charge in [0.2, 0.25) is 0 Å². The normalized spacial score (nSPS) is 11.3. The Morgan fingerprint density at radius 2 is 1.55 bits per heavy atom. The fourth-order valence-electron chi connectivity index (χ4n) is 2.92. The van der Waals surface area contributed by atoms with Crippen molar-refractivity contribution in [3.8, 4) is 17.2 Å². The lowest BCUT2D eigenvalue weighted by molar-refractivity contribution is -0.140. The number of allylic oxidation sites excluding steroid dienone is 1. The van der Waals surface area contributed by atoms with Gasteiger partial charge in [0.25, 0.3) is 5.91 Å². The number of hydrogen-bond donors (Lipinski definition) is 1. The summed E-state index contributed by atoms with van der Waals surface area (Å²) in [6.07, 6.45) is 0. The average Bonchev–Trinajstić information content (AvgIpc) is 2.77. The molecule has 0 saturated carbocycles. The van der Waals surface area contributed by atoms with Gasteiger partial charge in [0.05, 0.1) is 34.5 Å². The second-order valence-corrected chi connectivity index (χ2v) is 6.45. The number of hydrogen-bond acceptors (Lipinski definition) is 7. The molecule has 0 aliphatic rings. The third-order valence-corrected chi connectivity index (χ3v) is 4.51. The van der Waals surface area contributed by atoms with E-state index in [4.69, 9.17) is 18.9 Å². The summed E-state index contributed by atoms with van der Waals surface area (Å²) in [5.74, 6) is -0.315. The number of amides is 1. The molecule has 0 aliphatic carbocycles. The maximum absolute atomic E-state index is 13.4. The highest BCUT2D eigenvalue weighted by molar-refractivity contribution is 6.22. The number of benzene rings is 2. The molecule has 0 heterocycles. The Labute approximate surface area is 181 Å². The van der Waals surface area contributed by atoms with Crippen molar-refractivity contribution < 1.29 is 33.6 Å². The van der Waals surface area contributed by atoms with Crippen molar-refractivity contribution in [1.82, 2.24) is 0 Å². The molecule has 0 aliphatic heterocycles. The monoisotopic (exact) mass is 429 g/mol. The maximum Gasteiger partial charge on any atom is 0.347 e. The van der Waals surface area contributed by atoms with Crippen LogP contribution in [0.5, 0.6) is 17.2 Å². The summed E-state index contributed by atoms with van der Waals surface area (Å²) in [6, 6.07) is 12.0. The van der Waals surface area contributed by atoms with Crippen LogP contribution in [0.1, 0.15) is 19.4 Å². The molecule has 2 rings (SSSR count). The number of nitrogens with zero attached hydrogens (tertiary/aromatic N) is 1. The highest BCUT2D eigenvalue weighted by Crippen LogP contribution is 2.29. The summed E-state index contributed by atoms with van der Waals surface area (Å²) < 4.78 is 20.8. The second kappa shape index (κ2) is 10.9. The molecule has 0 aromatic heterocycles. The standard InChI is InChI=1S/C23H27NO7/c1-6-31-23(27)21(15(2)25)22(26)24(17-8-11-18(28-3)12-9-17)14-16-7-10-19(29-4)13-20(16)30-5/h7-13,25H,6,14H2,1-5H3. The number of ether oxygens (including phenoxy) is 4. The first-order valence-corrected chi connectivity index (χ1v) is 9.60. The Hall–Kier alpha value is -3.68. The lowest BCUT2D eigenvalue weighted by Gasteiger charge is -2.25. The molecule has 0 unspecified atom stereocenters. The minimum atomic E-state index is -0.896. The second-order valence-electron chi connectivity index (χ2n) is 6.45. The summed E-state index contributed by atoms with van der Waals surface area (Å²) in [5.41, 5.74) is 0.725. The Morgan fingerprint density at radius 1 is 0.935 bits per heavy atom. The number of methoxy groups -OCH3 is 3. The summed E-state index contributed by atoms with van der Waals surface area (Å²) in [4.78, 5) is 27.1. The summed E-state index contributed by atoms with van der Waals surface area (Å²) in [7, 11) is 4.60. The number of esters is 1. The van der Waals surface area contributed by atoms with Gasteiger partial charge in [-0.2, -0.15) is 0 Å². The minimum absolute atomic E-state index is 0.0640. The molecule has 31 heavy (non-hydrogen) atoms. The zero-order valence-electron chi connectivity index (χ0n) is 18.3. The van der Waals surface area contributed by atoms with E-state index in [0.29, 0.717) is 28.5 Å². The molecule has 1 N–H and O–H groups in total. The molecule has 0 atom stereocenters. The molecule has 0 spiro atoms. The van der Waals surface area contributed by atoms with E-state index in [-0.39, 0.29) is 13.2 Å². The van der Waals surface area contributed by atoms with Gasteiger partial charge in [-0.05, 0) is 50.2 Å². The maximum atomic E-state index is 13.4. The van der Waals surface area contributed by atoms with Crippen molar-refractivity contribution in [3.63, 3.8) is 0 Å². The fraction of sp³-hybridized carbons (Fsp3) is 0.304. The lowest BCUT2D eigenvalue weighted by atomic mass is 10.1. The van der Waals surface area contributed by atoms with Gasteiger partial charge < -0.3 is 29.0 Å². The van der Waals surface area contributed by atoms with Crippen LogP contribution >= 0.6 is 0 Å². The smallest absolute Gasteiger partial charge is 0.347 e. The van der Waals surface area contributed by atoms with Crippen LogP contribution < -0.4 is 19.1 Å². The van der Waals surface area contributed by atoms with E-state index in [1.807, 2.05) is 0 Å². The van der Waals surface area contributed by atoms with Crippen LogP contribution in [0.25, 0.3) is 0 Å². The first-order chi connectivity index (χ1) is 14.9. The number of anilines is 1. The molecule has 2 aromatic rings. The van der Waals surface area contributed by atoms with E-state index < -0.39 is 23.2 Å². The summed E-state index contributed by atoms with van der Waals surface area (Å²) >= 11 is 0. The van der Waals surface area contributed by atoms with Crippen molar-refractivity contribution in [3.05, 3.63) is 59.4 Å². The van der Waals surface area contributed by atoms with Crippen molar-refractivity contribution in [2.75, 3.05) is 32.8 Å². The molecule has 1 amide bonds. The van der Waals surface area contributed by atoms with Gasteiger partial charge in [-0.1, -0.05) is 0 Å². The molecule has 0 fully saturated rings. The van der Waals surface area contributed by atoms with Crippen molar-refractivity contribution in [2.45, 2.75) is 20.4 Å². The van der Waals surface area contributed by atoms with E-state index in [1.165, 1.54) is 26.0 Å². The molecule has 8 heteroatoms. The number of rotatable bonds is 9. The first-order valence-electron chi connectivity index (χ1n) is 9.60. The van der Waals surface area contributed by atoms with Crippen LogP contribution in [0, 0.1) is 0 Å². The lowest BCUT2D eigenvalue weighted by Crippen LogP contribution is -2.35. The Balaban J connectivity index is 2.54. The van der Waals surface area contributed by atoms with Crippen LogP contribution in [-0.4, -0.2) is 44.9 Å². The number of carbonyl (C=O) groups is 2. The van der Waals surface area contributed by atoms with Crippen molar-refractivity contribution in [1.29, 1.82) is 0 Å². The molecule has 0 saturated heterocycles. The highest BCUT2D eigenvalue weighted by Gasteiger charge is 2.29. The van der Waals surface area contributed by atoms with Crippen LogP contribution in [0.4, 0.5) is 5.69 Å². The summed E-state index contributed by atoms with van der Waals surface area (Å²) in [5, 5.41) is 10.1. The van der Waals surface area contributed by atoms with Gasteiger partial charge in [0.1, 0.15) is 23.0 Å². The number of aliphatic hydroxyl groups is 1. The molecule has 166 valence electrons. The first kappa shape index (κ1) is 23.6. The van der Waals surface area contributed by atoms with Gasteiger partial charge in [0, 0.05) is 17.3 Å². The van der Waals surface area contributed by atoms with E-state index in [1.54, 1.807) is 56.5 Å². The molecule has 0 bridgehead atoms. The number of carbonyl (C=O) groups excluding carboxylic acids is 2. The molecule has 0 radical (unpaired) electrons. The molecular weight excluding hydrogens is 402 g/mol. The van der Waals surface area contributed by atoms with E-state index in [0.717, 1.165) is 0 Å². The third kappa shape index (κ3) is 5.69. The topological polar surface area (TPSA) is 94.5 Å². The third-order valence-electron chi connectivity index (χ3n) is 4.51. The average molecular weight is 429 g/mol. The zero-order valence-corrected chi connectivity index (χ0v) is 18.3. The van der Waals surface area contributed by atoms with Crippen LogP contribution in [0.3, 0.4) is 0 Å². The SMILES string of the molecule is CCOC(=O)C(C(=O)N(Cc1ccc(OC)cc1OC)c1ccc(OC)cc1)=C(C)O. The quantitative estimate of drug-likeness (QED) is 0.214. The predicted octanol–water partition coefficient (Wildman–Crippen LogP) is 3.64. The van der Waals surface area contributed by atoms with Crippen LogP contribution in [0.15, 0.2) is 53.8 Å². The summed E-state index contributed by atoms with van der Waals surface area (Å²) in [6.45, 7) is 3.02. The Bertz CT molecular complexity index is 947. The Morgan fingerprint density at radius 3 is 2.06 bits per heavy atom. The van der Waals surface area contributed by atoms with Crippen LogP contribution in [-0.2, 0) is 20.9 Å². The van der Waals surface area contributed by atoms with E-state index >= 15 is 0 Å². The van der Waals surface area contributed by atoms with Gasteiger partial charge in [0.15, 0.2) is 5.57 Å². The van der Waals surface area contributed by atoms with Gasteiger partial charge in [-0.15, -0.1) is 0 Å². The van der Waals surface area contributed by atoms with Gasteiger partial charge in [-0.3, -0.25) is 4.79 Å². The van der Waals surface area contributed by atoms with Crippen LogP contribution in [0.2, 0.25) is 0 Å². The van der Waals surface area contributed by atoms with E-state index in [2.05, 4.69) is 0 Å². The largest absolute Gasteiger partial charge is 0.511 e. The van der Waals surface area contributed by atoms with E-state index in [9.17, 15) is 14.7 Å². The van der Waals surface area contributed by atoms with Crippen molar-refractivity contribution in [2.24, 2.45) is 0 Å². The molecule has 2 aromatic carbocycles. The highest BCUT2D eigenvalue weighted by atomic mass is 16.5. The Kier molecular flexibility index (Phi) is 8.31. The minimum Gasteiger partial charge on any atom is -0.511 e.